The molecule has 0 aliphatic rings. The van der Waals surface area contributed by atoms with Crippen LogP contribution in [0.1, 0.15) is 24.0 Å². The summed E-state index contributed by atoms with van der Waals surface area (Å²) in [6.45, 7) is 2.36. The van der Waals surface area contributed by atoms with E-state index >= 15 is 0 Å². The predicted molar refractivity (Wildman–Crippen MR) is 98.2 cm³/mol. The lowest BCUT2D eigenvalue weighted by atomic mass is 10.1. The highest BCUT2D eigenvalue weighted by Crippen LogP contribution is 2.16. The molecule has 0 aliphatic carbocycles. The number of likely N-dealkylation sites (N-methyl/N-ethyl adjacent to an activating group) is 1. The quantitative estimate of drug-likeness (QED) is 0.727. The number of carbonyl (C=O) groups is 1. The first kappa shape index (κ1) is 16.8. The maximum atomic E-state index is 12.3. The summed E-state index contributed by atoms with van der Waals surface area (Å²) in [5, 5.41) is 0.935. The van der Waals surface area contributed by atoms with Crippen LogP contribution < -0.4 is 5.56 Å². The molecule has 0 bridgehead atoms. The summed E-state index contributed by atoms with van der Waals surface area (Å²) in [4.78, 5) is 28.5. The molecule has 0 spiro atoms. The fourth-order valence-corrected chi connectivity index (χ4v) is 2.70. The van der Waals surface area contributed by atoms with Gasteiger partial charge in [-0.2, -0.15) is 0 Å². The monoisotopic (exact) mass is 336 g/mol. The minimum atomic E-state index is -0.173. The maximum absolute atomic E-state index is 12.3. The first-order valence-electron chi connectivity index (χ1n) is 8.19. The number of fused-ring (bicyclic) bond motifs is 1. The number of nitrogens with one attached hydrogen (secondary N) is 1. The predicted octanol–water partition coefficient (Wildman–Crippen LogP) is 3.36. The number of benzene rings is 1. The molecular formula is C20H20N2O3. The molecule has 3 aromatic rings. The van der Waals surface area contributed by atoms with Crippen LogP contribution in [0.5, 0.6) is 0 Å². The van der Waals surface area contributed by atoms with Gasteiger partial charge in [0.1, 0.15) is 11.5 Å². The topological polar surface area (TPSA) is 66.3 Å². The Morgan fingerprint density at radius 3 is 2.80 bits per heavy atom. The van der Waals surface area contributed by atoms with E-state index in [4.69, 9.17) is 4.42 Å². The molecule has 0 unspecified atom stereocenters. The molecular weight excluding hydrogens is 316 g/mol. The number of hydrogen-bond donors (Lipinski definition) is 1. The number of H-pyrrole nitrogens is 1. The summed E-state index contributed by atoms with van der Waals surface area (Å²) in [6.07, 6.45) is 3.96. The summed E-state index contributed by atoms with van der Waals surface area (Å²) in [6, 6.07) is 12.8. The van der Waals surface area contributed by atoms with Crippen molar-refractivity contribution in [3.8, 4) is 0 Å². The number of furan rings is 1. The summed E-state index contributed by atoms with van der Waals surface area (Å²) in [5.41, 5.74) is 1.41. The van der Waals surface area contributed by atoms with Gasteiger partial charge >= 0.3 is 0 Å². The molecule has 0 saturated heterocycles. The summed E-state index contributed by atoms with van der Waals surface area (Å²) >= 11 is 0. The number of amides is 1. The van der Waals surface area contributed by atoms with Crippen LogP contribution in [0.15, 0.2) is 57.8 Å². The van der Waals surface area contributed by atoms with Crippen LogP contribution in [0.25, 0.3) is 17.0 Å². The number of para-hydroxylation sites is 1. The molecule has 128 valence electrons. The van der Waals surface area contributed by atoms with Gasteiger partial charge < -0.3 is 14.3 Å². The third kappa shape index (κ3) is 3.88. The van der Waals surface area contributed by atoms with Gasteiger partial charge in [-0.3, -0.25) is 9.59 Å². The van der Waals surface area contributed by atoms with Gasteiger partial charge in [0, 0.05) is 43.1 Å². The van der Waals surface area contributed by atoms with Crippen LogP contribution >= 0.6 is 0 Å². The minimum Gasteiger partial charge on any atom is -0.462 e. The molecule has 0 saturated carbocycles. The molecule has 0 aliphatic heterocycles. The van der Waals surface area contributed by atoms with E-state index in [1.807, 2.05) is 43.3 Å². The number of aromatic amines is 1. The Labute approximate surface area is 145 Å². The SMILES string of the molecule is CCc1ccc(C=CC(=O)N(C)Cc2cc(=O)[nH]c3ccccc23)o1. The average Bonchev–Trinajstić information content (AvgIpc) is 3.07. The standard InChI is InChI=1S/C20H20N2O3/c1-3-15-8-9-16(25-15)10-11-20(24)22(2)13-14-12-19(23)21-18-7-5-4-6-17(14)18/h4-12H,3,13H2,1-2H3,(H,21,23). The van der Waals surface area contributed by atoms with E-state index in [1.165, 1.54) is 12.1 Å². The van der Waals surface area contributed by atoms with Crippen molar-refractivity contribution >= 4 is 22.9 Å². The maximum Gasteiger partial charge on any atom is 0.248 e. The summed E-state index contributed by atoms with van der Waals surface area (Å²) in [7, 11) is 1.71. The van der Waals surface area contributed by atoms with Gasteiger partial charge in [-0.25, -0.2) is 0 Å². The number of hydrogen-bond acceptors (Lipinski definition) is 3. The fourth-order valence-electron chi connectivity index (χ4n) is 2.70. The second kappa shape index (κ2) is 7.21. The first-order chi connectivity index (χ1) is 12.1. The molecule has 2 aromatic heterocycles. The molecule has 1 N–H and O–H groups in total. The molecule has 1 amide bonds. The Balaban J connectivity index is 1.76. The Morgan fingerprint density at radius 1 is 1.24 bits per heavy atom. The Morgan fingerprint density at radius 2 is 2.04 bits per heavy atom. The molecule has 0 radical (unpaired) electrons. The van der Waals surface area contributed by atoms with E-state index in [2.05, 4.69) is 4.98 Å². The van der Waals surface area contributed by atoms with Crippen LogP contribution in [0.2, 0.25) is 0 Å². The molecule has 5 heteroatoms. The third-order valence-electron chi connectivity index (χ3n) is 4.04. The van der Waals surface area contributed by atoms with Gasteiger partial charge in [-0.15, -0.1) is 0 Å². The van der Waals surface area contributed by atoms with Crippen molar-refractivity contribution in [2.24, 2.45) is 0 Å². The van der Waals surface area contributed by atoms with Gasteiger partial charge in [0.15, 0.2) is 0 Å². The van der Waals surface area contributed by atoms with Crippen molar-refractivity contribution in [1.29, 1.82) is 0 Å². The van der Waals surface area contributed by atoms with Crippen molar-refractivity contribution in [3.05, 3.63) is 76.0 Å². The van der Waals surface area contributed by atoms with Gasteiger partial charge in [0.05, 0.1) is 0 Å². The average molecular weight is 336 g/mol. The van der Waals surface area contributed by atoms with Gasteiger partial charge in [0.25, 0.3) is 0 Å². The minimum absolute atomic E-state index is 0.154. The van der Waals surface area contributed by atoms with E-state index in [0.29, 0.717) is 12.3 Å². The number of pyridine rings is 1. The largest absolute Gasteiger partial charge is 0.462 e. The number of rotatable bonds is 5. The van der Waals surface area contributed by atoms with E-state index in [1.54, 1.807) is 18.0 Å². The van der Waals surface area contributed by atoms with Gasteiger partial charge in [-0.1, -0.05) is 25.1 Å². The highest BCUT2D eigenvalue weighted by atomic mass is 16.3. The van der Waals surface area contributed by atoms with Gasteiger partial charge in [0.2, 0.25) is 11.5 Å². The van der Waals surface area contributed by atoms with Crippen molar-refractivity contribution in [3.63, 3.8) is 0 Å². The molecule has 3 rings (SSSR count). The van der Waals surface area contributed by atoms with E-state index in [-0.39, 0.29) is 11.5 Å². The van der Waals surface area contributed by atoms with Gasteiger partial charge in [-0.05, 0) is 29.8 Å². The highest BCUT2D eigenvalue weighted by molar-refractivity contribution is 5.91. The molecule has 5 nitrogen and oxygen atoms in total. The lowest BCUT2D eigenvalue weighted by Gasteiger charge is -2.16. The van der Waals surface area contributed by atoms with Crippen LogP contribution in [-0.4, -0.2) is 22.8 Å². The lowest BCUT2D eigenvalue weighted by molar-refractivity contribution is -0.125. The van der Waals surface area contributed by atoms with E-state index < -0.39 is 0 Å². The highest BCUT2D eigenvalue weighted by Gasteiger charge is 2.10. The molecule has 0 fully saturated rings. The van der Waals surface area contributed by atoms with Crippen molar-refractivity contribution in [2.75, 3.05) is 7.05 Å². The third-order valence-corrected chi connectivity index (χ3v) is 4.04. The van der Waals surface area contributed by atoms with Crippen molar-refractivity contribution in [1.82, 2.24) is 9.88 Å². The Kier molecular flexibility index (Phi) is 4.84. The number of carbonyl (C=O) groups excluding carboxylic acids is 1. The zero-order valence-corrected chi connectivity index (χ0v) is 14.3. The number of nitrogens with zero attached hydrogens (tertiary/aromatic N) is 1. The zero-order valence-electron chi connectivity index (χ0n) is 14.3. The second-order valence-electron chi connectivity index (χ2n) is 5.89. The second-order valence-corrected chi connectivity index (χ2v) is 5.89. The van der Waals surface area contributed by atoms with Crippen LogP contribution in [0.3, 0.4) is 0 Å². The number of aryl methyl sites for hydroxylation is 1. The van der Waals surface area contributed by atoms with E-state index in [9.17, 15) is 9.59 Å². The Bertz CT molecular complexity index is 982. The zero-order chi connectivity index (χ0) is 17.8. The van der Waals surface area contributed by atoms with E-state index in [0.717, 1.165) is 28.6 Å². The molecule has 1 aromatic carbocycles. The summed E-state index contributed by atoms with van der Waals surface area (Å²) in [5.74, 6) is 1.38. The van der Waals surface area contributed by atoms with Crippen LogP contribution in [0, 0.1) is 0 Å². The molecule has 0 atom stereocenters. The number of aromatic nitrogens is 1. The van der Waals surface area contributed by atoms with Crippen molar-refractivity contribution < 1.29 is 9.21 Å². The lowest BCUT2D eigenvalue weighted by Crippen LogP contribution is -2.25. The van der Waals surface area contributed by atoms with Crippen molar-refractivity contribution in [2.45, 2.75) is 19.9 Å². The normalized spacial score (nSPS) is 11.3. The fraction of sp³-hybridized carbons (Fsp3) is 0.200. The summed E-state index contributed by atoms with van der Waals surface area (Å²) < 4.78 is 5.55. The first-order valence-corrected chi connectivity index (χ1v) is 8.19. The molecule has 25 heavy (non-hydrogen) atoms. The molecule has 2 heterocycles. The smallest absolute Gasteiger partial charge is 0.248 e. The van der Waals surface area contributed by atoms with Crippen LogP contribution in [-0.2, 0) is 17.8 Å². The van der Waals surface area contributed by atoms with Crippen LogP contribution in [0.4, 0.5) is 0 Å². The Hall–Kier alpha value is -3.08.